The van der Waals surface area contributed by atoms with Gasteiger partial charge in [-0.1, -0.05) is 13.3 Å². The lowest BCUT2D eigenvalue weighted by atomic mass is 9.87. The van der Waals surface area contributed by atoms with E-state index in [-0.39, 0.29) is 12.1 Å². The molecule has 0 unspecified atom stereocenters. The maximum absolute atomic E-state index is 9.38. The Balaban J connectivity index is 2.65. The van der Waals surface area contributed by atoms with Gasteiger partial charge in [-0.25, -0.2) is 0 Å². The Bertz CT molecular complexity index is 179. The summed E-state index contributed by atoms with van der Waals surface area (Å²) in [5, 5.41) is 9.38. The molecule has 0 spiro atoms. The molecule has 1 heterocycles. The maximum atomic E-state index is 9.38. The number of piperidine rings is 1. The molecule has 1 aliphatic rings. The molecular weight excluding hydrogens is 174 g/mol. The van der Waals surface area contributed by atoms with E-state index in [2.05, 4.69) is 32.6 Å². The number of hydrogen-bond donors (Lipinski definition) is 1. The van der Waals surface area contributed by atoms with Crippen molar-refractivity contribution in [3.63, 3.8) is 0 Å². The number of aliphatic hydroxyl groups is 1. The summed E-state index contributed by atoms with van der Waals surface area (Å²) in [6.07, 6.45) is 3.91. The van der Waals surface area contributed by atoms with Crippen molar-refractivity contribution in [2.45, 2.75) is 58.5 Å². The minimum atomic E-state index is -0.0484. The van der Waals surface area contributed by atoms with Gasteiger partial charge in [-0.05, 0) is 39.5 Å². The number of likely N-dealkylation sites (tertiary alicyclic amines) is 1. The van der Waals surface area contributed by atoms with Crippen molar-refractivity contribution in [1.29, 1.82) is 0 Å². The molecule has 2 heteroatoms. The third kappa shape index (κ3) is 2.48. The second-order valence-corrected chi connectivity index (χ2v) is 5.32. The van der Waals surface area contributed by atoms with E-state index >= 15 is 0 Å². The highest BCUT2D eigenvalue weighted by atomic mass is 16.3. The molecular formula is C12H25NO. The van der Waals surface area contributed by atoms with Crippen molar-refractivity contribution in [1.82, 2.24) is 4.90 Å². The molecule has 2 atom stereocenters. The van der Waals surface area contributed by atoms with E-state index in [1.165, 1.54) is 19.3 Å². The van der Waals surface area contributed by atoms with E-state index in [0.717, 1.165) is 12.5 Å². The largest absolute Gasteiger partial charge is 0.394 e. The van der Waals surface area contributed by atoms with Crippen LogP contribution in [-0.4, -0.2) is 34.7 Å². The smallest absolute Gasteiger partial charge is 0.0610 e. The molecule has 0 aromatic rings. The molecule has 0 aromatic heterocycles. The number of hydrogen-bond acceptors (Lipinski definition) is 2. The highest BCUT2D eigenvalue weighted by Gasteiger charge is 2.34. The van der Waals surface area contributed by atoms with Crippen LogP contribution >= 0.6 is 0 Å². The van der Waals surface area contributed by atoms with Crippen molar-refractivity contribution in [3.8, 4) is 0 Å². The van der Waals surface area contributed by atoms with Crippen molar-refractivity contribution >= 4 is 0 Å². The van der Waals surface area contributed by atoms with E-state index in [1.54, 1.807) is 0 Å². The Morgan fingerprint density at radius 3 is 2.50 bits per heavy atom. The highest BCUT2D eigenvalue weighted by molar-refractivity contribution is 4.89. The van der Waals surface area contributed by atoms with Crippen LogP contribution in [-0.2, 0) is 0 Å². The average molecular weight is 199 g/mol. The molecule has 0 bridgehead atoms. The molecule has 1 N–H and O–H groups in total. The summed E-state index contributed by atoms with van der Waals surface area (Å²) >= 11 is 0. The summed E-state index contributed by atoms with van der Waals surface area (Å²) in [7, 11) is 0. The van der Waals surface area contributed by atoms with Crippen LogP contribution < -0.4 is 0 Å². The third-order valence-electron chi connectivity index (χ3n) is 3.72. The number of nitrogens with zero attached hydrogens (tertiary/aromatic N) is 1. The topological polar surface area (TPSA) is 23.5 Å². The van der Waals surface area contributed by atoms with Crippen LogP contribution in [0, 0.1) is 5.92 Å². The predicted molar refractivity (Wildman–Crippen MR) is 60.3 cm³/mol. The van der Waals surface area contributed by atoms with Gasteiger partial charge in [0.1, 0.15) is 0 Å². The first-order valence-electron chi connectivity index (χ1n) is 5.89. The first-order chi connectivity index (χ1) is 6.51. The minimum Gasteiger partial charge on any atom is -0.394 e. The SMILES string of the molecule is CC[C@@H]1CC[C@H](C)N(C(C)(C)CO)C1. The van der Waals surface area contributed by atoms with Crippen LogP contribution in [0.3, 0.4) is 0 Å². The van der Waals surface area contributed by atoms with Crippen LogP contribution in [0.1, 0.15) is 47.0 Å². The third-order valence-corrected chi connectivity index (χ3v) is 3.72. The molecule has 0 aliphatic carbocycles. The Labute approximate surface area is 88.3 Å². The second kappa shape index (κ2) is 4.63. The van der Waals surface area contributed by atoms with Crippen LogP contribution in [0.25, 0.3) is 0 Å². The molecule has 0 aromatic carbocycles. The van der Waals surface area contributed by atoms with Crippen LogP contribution in [0.2, 0.25) is 0 Å². The Kier molecular flexibility index (Phi) is 3.96. The fourth-order valence-corrected chi connectivity index (χ4v) is 2.45. The fourth-order valence-electron chi connectivity index (χ4n) is 2.45. The van der Waals surface area contributed by atoms with E-state index in [4.69, 9.17) is 0 Å². The quantitative estimate of drug-likeness (QED) is 0.753. The summed E-state index contributed by atoms with van der Waals surface area (Å²) in [4.78, 5) is 2.48. The second-order valence-electron chi connectivity index (χ2n) is 5.32. The molecule has 1 aliphatic heterocycles. The van der Waals surface area contributed by atoms with Gasteiger partial charge in [-0.3, -0.25) is 4.90 Å². The molecule has 0 amide bonds. The van der Waals surface area contributed by atoms with Gasteiger partial charge in [0.05, 0.1) is 6.61 Å². The van der Waals surface area contributed by atoms with E-state index < -0.39 is 0 Å². The summed E-state index contributed by atoms with van der Waals surface area (Å²) in [6.45, 7) is 10.2. The summed E-state index contributed by atoms with van der Waals surface area (Å²) in [6, 6.07) is 0.625. The maximum Gasteiger partial charge on any atom is 0.0610 e. The normalized spacial score (nSPS) is 30.6. The van der Waals surface area contributed by atoms with Gasteiger partial charge in [0.2, 0.25) is 0 Å². The summed E-state index contributed by atoms with van der Waals surface area (Å²) < 4.78 is 0. The molecule has 1 rings (SSSR count). The molecule has 0 radical (unpaired) electrons. The molecule has 84 valence electrons. The molecule has 0 saturated carbocycles. The Hall–Kier alpha value is -0.0800. The van der Waals surface area contributed by atoms with Crippen molar-refractivity contribution in [2.75, 3.05) is 13.2 Å². The average Bonchev–Trinajstić information content (AvgIpc) is 2.18. The Morgan fingerprint density at radius 2 is 2.00 bits per heavy atom. The summed E-state index contributed by atoms with van der Waals surface area (Å²) in [5.74, 6) is 0.831. The van der Waals surface area contributed by atoms with Crippen molar-refractivity contribution < 1.29 is 5.11 Å². The number of rotatable bonds is 3. The first-order valence-corrected chi connectivity index (χ1v) is 5.89. The molecule has 1 fully saturated rings. The molecule has 2 nitrogen and oxygen atoms in total. The van der Waals surface area contributed by atoms with Gasteiger partial charge >= 0.3 is 0 Å². The lowest BCUT2D eigenvalue weighted by Gasteiger charge is -2.46. The number of aliphatic hydroxyl groups excluding tert-OH is 1. The van der Waals surface area contributed by atoms with Crippen LogP contribution in [0.5, 0.6) is 0 Å². The van der Waals surface area contributed by atoms with Gasteiger partial charge in [-0.15, -0.1) is 0 Å². The molecule has 14 heavy (non-hydrogen) atoms. The van der Waals surface area contributed by atoms with Gasteiger partial charge in [0.25, 0.3) is 0 Å². The standard InChI is InChI=1S/C12H25NO/c1-5-11-7-6-10(2)13(8-11)12(3,4)9-14/h10-11,14H,5-9H2,1-4H3/t10-,11+/m0/s1. The van der Waals surface area contributed by atoms with E-state index in [0.29, 0.717) is 6.04 Å². The summed E-state index contributed by atoms with van der Waals surface area (Å²) in [5.41, 5.74) is -0.0484. The zero-order valence-electron chi connectivity index (χ0n) is 10.1. The first kappa shape index (κ1) is 12.0. The van der Waals surface area contributed by atoms with Gasteiger partial charge in [0.15, 0.2) is 0 Å². The zero-order chi connectivity index (χ0) is 10.8. The predicted octanol–water partition coefficient (Wildman–Crippen LogP) is 2.27. The van der Waals surface area contributed by atoms with Crippen molar-refractivity contribution in [2.24, 2.45) is 5.92 Å². The van der Waals surface area contributed by atoms with E-state index in [1.807, 2.05) is 0 Å². The van der Waals surface area contributed by atoms with Gasteiger partial charge < -0.3 is 5.11 Å². The lowest BCUT2D eigenvalue weighted by molar-refractivity contribution is -0.0102. The van der Waals surface area contributed by atoms with E-state index in [9.17, 15) is 5.11 Å². The highest BCUT2D eigenvalue weighted by Crippen LogP contribution is 2.29. The lowest BCUT2D eigenvalue weighted by Crippen LogP contribution is -2.55. The monoisotopic (exact) mass is 199 g/mol. The van der Waals surface area contributed by atoms with Crippen LogP contribution in [0.4, 0.5) is 0 Å². The van der Waals surface area contributed by atoms with Crippen molar-refractivity contribution in [3.05, 3.63) is 0 Å². The fraction of sp³-hybridized carbons (Fsp3) is 1.00. The van der Waals surface area contributed by atoms with Gasteiger partial charge in [0, 0.05) is 18.1 Å². The zero-order valence-corrected chi connectivity index (χ0v) is 10.1. The minimum absolute atomic E-state index is 0.0484. The Morgan fingerprint density at radius 1 is 1.36 bits per heavy atom. The van der Waals surface area contributed by atoms with Crippen LogP contribution in [0.15, 0.2) is 0 Å². The molecule has 1 saturated heterocycles. The van der Waals surface area contributed by atoms with Gasteiger partial charge in [-0.2, -0.15) is 0 Å².